The molecule has 0 radical (unpaired) electrons. The Balaban J connectivity index is 2.62. The topological polar surface area (TPSA) is 63.6 Å². The Morgan fingerprint density at radius 1 is 1.04 bits per heavy atom. The molecule has 0 atom stereocenters. The summed E-state index contributed by atoms with van der Waals surface area (Å²) in [6.07, 6.45) is 0. The molecule has 0 aliphatic heterocycles. The van der Waals surface area contributed by atoms with Crippen LogP contribution in [0, 0.1) is 11.6 Å². The van der Waals surface area contributed by atoms with Crippen LogP contribution in [-0.4, -0.2) is 22.6 Å². The van der Waals surface area contributed by atoms with E-state index in [9.17, 15) is 18.4 Å². The van der Waals surface area contributed by atoms with E-state index in [-0.39, 0.29) is 16.7 Å². The van der Waals surface area contributed by atoms with Gasteiger partial charge in [0, 0.05) is 5.56 Å². The highest BCUT2D eigenvalue weighted by Gasteiger charge is 2.23. The van der Waals surface area contributed by atoms with Crippen LogP contribution in [0.3, 0.4) is 0 Å². The van der Waals surface area contributed by atoms with E-state index in [0.717, 1.165) is 6.07 Å². The van der Waals surface area contributed by atoms with E-state index in [1.165, 1.54) is 18.2 Å². The monoisotopic (exact) mass is 334 g/mol. The Morgan fingerprint density at radius 2 is 1.67 bits per heavy atom. The molecule has 0 saturated heterocycles. The van der Waals surface area contributed by atoms with Crippen LogP contribution in [0.25, 0.3) is 11.1 Å². The van der Waals surface area contributed by atoms with Crippen LogP contribution in [0.5, 0.6) is 0 Å². The molecule has 0 saturated carbocycles. The van der Waals surface area contributed by atoms with E-state index in [0.29, 0.717) is 6.07 Å². The minimum atomic E-state index is -1.40. The number of esters is 1. The molecular weight excluding hydrogens is 318 g/mol. The molecule has 4 nitrogen and oxygen atoms in total. The Bertz CT molecular complexity index is 807. The van der Waals surface area contributed by atoms with Gasteiger partial charge in [-0.1, -0.05) is 18.2 Å². The third-order valence-electron chi connectivity index (χ3n) is 3.11. The second-order valence-electron chi connectivity index (χ2n) is 6.17. The van der Waals surface area contributed by atoms with Gasteiger partial charge in [-0.3, -0.25) is 0 Å². The molecule has 0 spiro atoms. The largest absolute Gasteiger partial charge is 0.478 e. The molecule has 1 N–H and O–H groups in total. The number of carbonyl (C=O) groups excluding carboxylic acids is 1. The summed E-state index contributed by atoms with van der Waals surface area (Å²) in [5, 5.41) is 9.02. The van der Waals surface area contributed by atoms with Crippen molar-refractivity contribution in [3.05, 3.63) is 59.2 Å². The molecule has 0 amide bonds. The van der Waals surface area contributed by atoms with E-state index in [1.807, 2.05) is 0 Å². The predicted octanol–water partition coefficient (Wildman–Crippen LogP) is 4.29. The standard InChI is InChI=1S/C18H16F2O4/c1-18(2,3)24-17(23)12-7-5-4-6-11(12)13-8-10(16(21)22)9-14(19)15(13)20/h4-9H,1-3H3,(H,21,22). The Hall–Kier alpha value is -2.76. The molecule has 0 aliphatic carbocycles. The van der Waals surface area contributed by atoms with Crippen molar-refractivity contribution in [3.63, 3.8) is 0 Å². The number of halogens is 2. The van der Waals surface area contributed by atoms with Crippen molar-refractivity contribution in [1.82, 2.24) is 0 Å². The Labute approximate surface area is 137 Å². The number of hydrogen-bond donors (Lipinski definition) is 1. The van der Waals surface area contributed by atoms with Crippen molar-refractivity contribution in [3.8, 4) is 11.1 Å². The predicted molar refractivity (Wildman–Crippen MR) is 83.9 cm³/mol. The number of hydrogen-bond acceptors (Lipinski definition) is 3. The number of carboxylic acid groups (broad SMARTS) is 1. The lowest BCUT2D eigenvalue weighted by atomic mass is 9.97. The van der Waals surface area contributed by atoms with Gasteiger partial charge in [0.2, 0.25) is 0 Å². The summed E-state index contributed by atoms with van der Waals surface area (Å²) in [6.45, 7) is 5.04. The number of rotatable bonds is 3. The van der Waals surface area contributed by atoms with Gasteiger partial charge in [-0.2, -0.15) is 0 Å². The quantitative estimate of drug-likeness (QED) is 0.851. The first-order valence-electron chi connectivity index (χ1n) is 7.15. The lowest BCUT2D eigenvalue weighted by molar-refractivity contribution is 0.00702. The van der Waals surface area contributed by atoms with Crippen molar-refractivity contribution < 1.29 is 28.2 Å². The smallest absolute Gasteiger partial charge is 0.339 e. The van der Waals surface area contributed by atoms with E-state index < -0.39 is 34.7 Å². The van der Waals surface area contributed by atoms with Crippen molar-refractivity contribution in [2.24, 2.45) is 0 Å². The summed E-state index contributed by atoms with van der Waals surface area (Å²) in [6, 6.07) is 7.49. The normalized spacial score (nSPS) is 11.2. The van der Waals surface area contributed by atoms with Crippen molar-refractivity contribution >= 4 is 11.9 Å². The Kier molecular flexibility index (Phi) is 4.68. The van der Waals surface area contributed by atoms with E-state index in [4.69, 9.17) is 9.84 Å². The zero-order valence-corrected chi connectivity index (χ0v) is 13.4. The average molecular weight is 334 g/mol. The lowest BCUT2D eigenvalue weighted by Crippen LogP contribution is -2.24. The molecule has 0 unspecified atom stereocenters. The molecule has 0 fully saturated rings. The highest BCUT2D eigenvalue weighted by molar-refractivity contribution is 5.98. The van der Waals surface area contributed by atoms with Crippen molar-refractivity contribution in [2.45, 2.75) is 26.4 Å². The maximum Gasteiger partial charge on any atom is 0.339 e. The second kappa shape index (κ2) is 6.39. The second-order valence-corrected chi connectivity index (χ2v) is 6.17. The molecule has 0 bridgehead atoms. The van der Waals surface area contributed by atoms with E-state index in [1.54, 1.807) is 26.8 Å². The minimum absolute atomic E-state index is 0.0215. The molecule has 0 aliphatic rings. The van der Waals surface area contributed by atoms with Crippen LogP contribution in [0.2, 0.25) is 0 Å². The van der Waals surface area contributed by atoms with Gasteiger partial charge >= 0.3 is 11.9 Å². The van der Waals surface area contributed by atoms with Gasteiger partial charge < -0.3 is 9.84 Å². The van der Waals surface area contributed by atoms with E-state index in [2.05, 4.69) is 0 Å². The summed E-state index contributed by atoms with van der Waals surface area (Å²) >= 11 is 0. The molecule has 2 aromatic carbocycles. The van der Waals surface area contributed by atoms with Gasteiger partial charge in [0.1, 0.15) is 5.60 Å². The third kappa shape index (κ3) is 3.76. The maximum atomic E-state index is 14.2. The summed E-state index contributed by atoms with van der Waals surface area (Å²) in [4.78, 5) is 23.4. The Morgan fingerprint density at radius 3 is 2.25 bits per heavy atom. The zero-order valence-electron chi connectivity index (χ0n) is 13.4. The number of carbonyl (C=O) groups is 2. The van der Waals surface area contributed by atoms with Crippen LogP contribution < -0.4 is 0 Å². The fourth-order valence-corrected chi connectivity index (χ4v) is 2.14. The van der Waals surface area contributed by atoms with Crippen LogP contribution >= 0.6 is 0 Å². The molecule has 2 aromatic rings. The fourth-order valence-electron chi connectivity index (χ4n) is 2.14. The lowest BCUT2D eigenvalue weighted by Gasteiger charge is -2.20. The van der Waals surface area contributed by atoms with Gasteiger partial charge in [0.15, 0.2) is 11.6 Å². The summed E-state index contributed by atoms with van der Waals surface area (Å²) in [7, 11) is 0. The summed E-state index contributed by atoms with van der Waals surface area (Å²) in [5.41, 5.74) is -1.41. The van der Waals surface area contributed by atoms with Gasteiger partial charge in [0.05, 0.1) is 11.1 Å². The third-order valence-corrected chi connectivity index (χ3v) is 3.11. The summed E-state index contributed by atoms with van der Waals surface area (Å²) < 4.78 is 33.2. The fraction of sp³-hybridized carbons (Fsp3) is 0.222. The van der Waals surface area contributed by atoms with Crippen molar-refractivity contribution in [1.29, 1.82) is 0 Å². The van der Waals surface area contributed by atoms with Crippen LogP contribution in [-0.2, 0) is 4.74 Å². The molecule has 0 aromatic heterocycles. The first-order chi connectivity index (χ1) is 11.1. The number of carboxylic acids is 1. The first-order valence-corrected chi connectivity index (χ1v) is 7.15. The summed E-state index contributed by atoms with van der Waals surface area (Å²) in [5.74, 6) is -4.64. The molecule has 126 valence electrons. The molecule has 6 heteroatoms. The average Bonchev–Trinajstić information content (AvgIpc) is 2.48. The van der Waals surface area contributed by atoms with Crippen LogP contribution in [0.15, 0.2) is 36.4 Å². The van der Waals surface area contributed by atoms with Crippen LogP contribution in [0.1, 0.15) is 41.5 Å². The zero-order chi connectivity index (χ0) is 18.1. The highest BCUT2D eigenvalue weighted by Crippen LogP contribution is 2.30. The van der Waals surface area contributed by atoms with Gasteiger partial charge in [0.25, 0.3) is 0 Å². The highest BCUT2D eigenvalue weighted by atomic mass is 19.2. The minimum Gasteiger partial charge on any atom is -0.478 e. The number of benzene rings is 2. The molecule has 24 heavy (non-hydrogen) atoms. The van der Waals surface area contributed by atoms with E-state index >= 15 is 0 Å². The molecule has 0 heterocycles. The number of aromatic carboxylic acids is 1. The molecular formula is C18H16F2O4. The van der Waals surface area contributed by atoms with Gasteiger partial charge in [-0.05, 0) is 44.5 Å². The first kappa shape index (κ1) is 17.6. The maximum absolute atomic E-state index is 14.2. The molecule has 2 rings (SSSR count). The SMILES string of the molecule is CC(C)(C)OC(=O)c1ccccc1-c1cc(C(=O)O)cc(F)c1F. The van der Waals surface area contributed by atoms with Gasteiger partial charge in [-0.15, -0.1) is 0 Å². The van der Waals surface area contributed by atoms with Crippen molar-refractivity contribution in [2.75, 3.05) is 0 Å². The number of ether oxygens (including phenoxy) is 1. The van der Waals surface area contributed by atoms with Gasteiger partial charge in [-0.25, -0.2) is 18.4 Å². The van der Waals surface area contributed by atoms with Crippen LogP contribution in [0.4, 0.5) is 8.78 Å².